The molecule has 0 saturated carbocycles. The lowest BCUT2D eigenvalue weighted by atomic mass is 10.1. The lowest BCUT2D eigenvalue weighted by Gasteiger charge is -2.39. The zero-order valence-corrected chi connectivity index (χ0v) is 15.0. The van der Waals surface area contributed by atoms with Crippen LogP contribution >= 0.6 is 0 Å². The molecule has 0 radical (unpaired) electrons. The third-order valence-electron chi connectivity index (χ3n) is 4.91. The molecule has 1 saturated heterocycles. The molecule has 2 aromatic rings. The summed E-state index contributed by atoms with van der Waals surface area (Å²) in [6.45, 7) is 2.50. The fraction of sp³-hybridized carbons (Fsp3) is 0.263. The Hall–Kier alpha value is -3.62. The van der Waals surface area contributed by atoms with Crippen molar-refractivity contribution in [1.29, 1.82) is 0 Å². The molecule has 2 aliphatic heterocycles. The van der Waals surface area contributed by atoms with E-state index in [4.69, 9.17) is 9.47 Å². The summed E-state index contributed by atoms with van der Waals surface area (Å²) in [5.41, 5.74) is 0.901. The number of amides is 2. The minimum Gasteiger partial charge on any atom is -0.454 e. The van der Waals surface area contributed by atoms with E-state index >= 15 is 0 Å². The second kappa shape index (κ2) is 6.84. The van der Waals surface area contributed by atoms with Crippen LogP contribution in [0.1, 0.15) is 17.3 Å². The number of carbonyl (C=O) groups is 2. The van der Waals surface area contributed by atoms with Crippen molar-refractivity contribution in [3.63, 3.8) is 0 Å². The molecular formula is C19H17N3O6. The van der Waals surface area contributed by atoms with Gasteiger partial charge in [-0.3, -0.25) is 19.7 Å². The Balaban J connectivity index is 1.51. The number of hydrogen-bond acceptors (Lipinski definition) is 6. The van der Waals surface area contributed by atoms with Crippen LogP contribution < -0.4 is 14.4 Å². The van der Waals surface area contributed by atoms with Crippen LogP contribution in [0.15, 0.2) is 42.5 Å². The van der Waals surface area contributed by atoms with Gasteiger partial charge in [0.15, 0.2) is 11.5 Å². The van der Waals surface area contributed by atoms with Crippen LogP contribution in [-0.4, -0.2) is 47.6 Å². The Kier molecular flexibility index (Phi) is 4.34. The lowest BCUT2D eigenvalue weighted by Crippen LogP contribution is -2.57. The average molecular weight is 383 g/mol. The number of anilines is 1. The Labute approximate surface area is 160 Å². The number of rotatable bonds is 3. The number of nitrogens with zero attached hydrogens (tertiary/aromatic N) is 3. The molecule has 0 unspecified atom stereocenters. The molecule has 144 valence electrons. The second-order valence-corrected chi connectivity index (χ2v) is 6.51. The Bertz CT molecular complexity index is 959. The van der Waals surface area contributed by atoms with Crippen LogP contribution in [0.4, 0.5) is 11.4 Å². The number of carbonyl (C=O) groups excluding carboxylic acids is 2. The molecule has 0 aliphatic carbocycles. The number of ether oxygens (including phenoxy) is 2. The maximum absolute atomic E-state index is 12.9. The van der Waals surface area contributed by atoms with Gasteiger partial charge in [0.2, 0.25) is 12.7 Å². The minimum atomic E-state index is -0.665. The zero-order chi connectivity index (χ0) is 19.8. The highest BCUT2D eigenvalue weighted by Crippen LogP contribution is 2.36. The van der Waals surface area contributed by atoms with Crippen molar-refractivity contribution in [3.05, 3.63) is 58.1 Å². The highest BCUT2D eigenvalue weighted by atomic mass is 16.7. The smallest absolute Gasteiger partial charge is 0.269 e. The van der Waals surface area contributed by atoms with Gasteiger partial charge < -0.3 is 19.3 Å². The van der Waals surface area contributed by atoms with E-state index in [0.29, 0.717) is 35.8 Å². The number of fused-ring (bicyclic) bond motifs is 1. The van der Waals surface area contributed by atoms with Crippen molar-refractivity contribution in [2.75, 3.05) is 24.8 Å². The third-order valence-corrected chi connectivity index (χ3v) is 4.91. The fourth-order valence-corrected chi connectivity index (χ4v) is 3.35. The number of piperazine rings is 1. The first-order chi connectivity index (χ1) is 13.5. The van der Waals surface area contributed by atoms with Crippen molar-refractivity contribution >= 4 is 23.2 Å². The van der Waals surface area contributed by atoms with Gasteiger partial charge in [0.25, 0.3) is 11.6 Å². The van der Waals surface area contributed by atoms with Gasteiger partial charge in [-0.1, -0.05) is 0 Å². The summed E-state index contributed by atoms with van der Waals surface area (Å²) in [6.07, 6.45) is 0. The quantitative estimate of drug-likeness (QED) is 0.595. The van der Waals surface area contributed by atoms with Crippen LogP contribution in [-0.2, 0) is 4.79 Å². The fourth-order valence-electron chi connectivity index (χ4n) is 3.35. The topological polar surface area (TPSA) is 102 Å². The van der Waals surface area contributed by atoms with Crippen LogP contribution in [0.5, 0.6) is 11.5 Å². The summed E-state index contributed by atoms with van der Waals surface area (Å²) < 4.78 is 10.7. The highest BCUT2D eigenvalue weighted by Gasteiger charge is 2.36. The predicted octanol–water partition coefficient (Wildman–Crippen LogP) is 2.20. The largest absolute Gasteiger partial charge is 0.454 e. The standard InChI is InChI=1S/C19H17N3O6/c1-12-18(23)21(15-6-7-16-17(10-15)28-11-27-16)9-8-20(12)19(24)13-2-4-14(5-3-13)22(25)26/h2-7,10,12H,8-9,11H2,1H3/t12-/m1/s1. The van der Waals surface area contributed by atoms with Gasteiger partial charge in [-0.05, 0) is 31.2 Å². The van der Waals surface area contributed by atoms with E-state index in [-0.39, 0.29) is 24.3 Å². The molecule has 9 nitrogen and oxygen atoms in total. The minimum absolute atomic E-state index is 0.0895. The van der Waals surface area contributed by atoms with E-state index in [9.17, 15) is 19.7 Å². The molecule has 0 bridgehead atoms. The van der Waals surface area contributed by atoms with E-state index < -0.39 is 11.0 Å². The molecule has 2 amide bonds. The highest BCUT2D eigenvalue weighted by molar-refractivity contribution is 6.03. The third kappa shape index (κ3) is 3.00. The van der Waals surface area contributed by atoms with Gasteiger partial charge >= 0.3 is 0 Å². The zero-order valence-electron chi connectivity index (χ0n) is 15.0. The maximum Gasteiger partial charge on any atom is 0.269 e. The predicted molar refractivity (Wildman–Crippen MR) is 98.5 cm³/mol. The van der Waals surface area contributed by atoms with Crippen molar-refractivity contribution in [2.45, 2.75) is 13.0 Å². The molecule has 0 spiro atoms. The molecule has 2 aromatic carbocycles. The van der Waals surface area contributed by atoms with E-state index in [0.717, 1.165) is 0 Å². The van der Waals surface area contributed by atoms with E-state index in [2.05, 4.69) is 0 Å². The van der Waals surface area contributed by atoms with Crippen LogP contribution in [0.3, 0.4) is 0 Å². The van der Waals surface area contributed by atoms with Crippen molar-refractivity contribution < 1.29 is 24.0 Å². The Morgan fingerprint density at radius 3 is 2.54 bits per heavy atom. The molecule has 1 fully saturated rings. The molecule has 2 heterocycles. The summed E-state index contributed by atoms with van der Waals surface area (Å²) in [7, 11) is 0. The summed E-state index contributed by atoms with van der Waals surface area (Å²) in [5, 5.41) is 10.8. The number of hydrogen-bond donors (Lipinski definition) is 0. The summed E-state index contributed by atoms with van der Waals surface area (Å²) >= 11 is 0. The van der Waals surface area contributed by atoms with Gasteiger partial charge in [-0.25, -0.2) is 0 Å². The lowest BCUT2D eigenvalue weighted by molar-refractivity contribution is -0.384. The van der Waals surface area contributed by atoms with Gasteiger partial charge in [0.05, 0.1) is 4.92 Å². The Morgan fingerprint density at radius 1 is 1.11 bits per heavy atom. The first kappa shape index (κ1) is 17.8. The molecule has 28 heavy (non-hydrogen) atoms. The van der Waals surface area contributed by atoms with Gasteiger partial charge in [-0.2, -0.15) is 0 Å². The van der Waals surface area contributed by atoms with Gasteiger partial charge in [0, 0.05) is 42.5 Å². The Morgan fingerprint density at radius 2 is 1.82 bits per heavy atom. The van der Waals surface area contributed by atoms with E-state index in [1.54, 1.807) is 30.0 Å². The molecule has 9 heteroatoms. The molecule has 0 N–H and O–H groups in total. The van der Waals surface area contributed by atoms with Crippen LogP contribution in [0, 0.1) is 10.1 Å². The van der Waals surface area contributed by atoms with Crippen LogP contribution in [0.25, 0.3) is 0 Å². The first-order valence-corrected chi connectivity index (χ1v) is 8.72. The number of nitro benzene ring substituents is 1. The van der Waals surface area contributed by atoms with E-state index in [1.165, 1.54) is 29.2 Å². The van der Waals surface area contributed by atoms with E-state index in [1.807, 2.05) is 0 Å². The van der Waals surface area contributed by atoms with Crippen molar-refractivity contribution in [2.24, 2.45) is 0 Å². The maximum atomic E-state index is 12.9. The SMILES string of the molecule is C[C@@H]1C(=O)N(c2ccc3c(c2)OCO3)CCN1C(=O)c1ccc([N+](=O)[O-])cc1. The number of benzene rings is 2. The van der Waals surface area contributed by atoms with Gasteiger partial charge in [0.1, 0.15) is 6.04 Å². The second-order valence-electron chi connectivity index (χ2n) is 6.51. The number of non-ortho nitro benzene ring substituents is 1. The van der Waals surface area contributed by atoms with Crippen molar-refractivity contribution in [1.82, 2.24) is 4.90 Å². The molecular weight excluding hydrogens is 366 g/mol. The summed E-state index contributed by atoms with van der Waals surface area (Å²) in [5.74, 6) is 0.681. The first-order valence-electron chi connectivity index (χ1n) is 8.72. The van der Waals surface area contributed by atoms with Crippen molar-refractivity contribution in [3.8, 4) is 11.5 Å². The normalized spacial score (nSPS) is 18.3. The molecule has 4 rings (SSSR count). The van der Waals surface area contributed by atoms with Crippen LogP contribution in [0.2, 0.25) is 0 Å². The average Bonchev–Trinajstić information content (AvgIpc) is 3.17. The summed E-state index contributed by atoms with van der Waals surface area (Å²) in [4.78, 5) is 39.0. The summed E-state index contributed by atoms with van der Waals surface area (Å²) in [6, 6.07) is 9.99. The molecule has 1 atom stereocenters. The molecule has 0 aromatic heterocycles. The molecule has 2 aliphatic rings. The van der Waals surface area contributed by atoms with Gasteiger partial charge in [-0.15, -0.1) is 0 Å². The monoisotopic (exact) mass is 383 g/mol. The number of nitro groups is 1.